The van der Waals surface area contributed by atoms with Crippen LogP contribution in [0.1, 0.15) is 55.5 Å². The largest absolute Gasteiger partial charge is 0.365 e. The lowest BCUT2D eigenvalue weighted by Gasteiger charge is -2.21. The van der Waals surface area contributed by atoms with Crippen molar-refractivity contribution < 1.29 is 9.18 Å². The maximum absolute atomic E-state index is 14.1. The van der Waals surface area contributed by atoms with Gasteiger partial charge in [0.25, 0.3) is 5.91 Å². The Labute approximate surface area is 158 Å². The van der Waals surface area contributed by atoms with Crippen LogP contribution in [0.5, 0.6) is 0 Å². The molecule has 2 aromatic rings. The van der Waals surface area contributed by atoms with E-state index in [1.807, 2.05) is 6.07 Å². The van der Waals surface area contributed by atoms with Crippen LogP contribution in [0.4, 0.5) is 10.2 Å². The molecule has 2 N–H and O–H groups in total. The number of aryl methyl sites for hydroxylation is 2. The molecule has 0 spiro atoms. The number of nitrogens with zero attached hydrogens (tertiary/aromatic N) is 4. The molecule has 0 radical (unpaired) electrons. The molecule has 8 heteroatoms. The molecule has 2 aromatic heterocycles. The number of nitrogens with one attached hydrogen (secondary N) is 2. The zero-order chi connectivity index (χ0) is 19.8. The third-order valence-electron chi connectivity index (χ3n) is 4.71. The first-order valence-electron chi connectivity index (χ1n) is 9.24. The Morgan fingerprint density at radius 1 is 1.41 bits per heavy atom. The number of anilines is 1. The summed E-state index contributed by atoms with van der Waals surface area (Å²) in [6, 6.07) is 1.87. The Morgan fingerprint density at radius 2 is 2.11 bits per heavy atom. The number of hydrogen-bond acceptors (Lipinski definition) is 5. The van der Waals surface area contributed by atoms with E-state index in [9.17, 15) is 9.18 Å². The van der Waals surface area contributed by atoms with Crippen molar-refractivity contribution >= 4 is 11.7 Å². The fraction of sp³-hybridized carbons (Fsp3) is 0.579. The van der Waals surface area contributed by atoms with E-state index in [2.05, 4.69) is 46.5 Å². The SMILES string of the molecule is Cc1nn(C)c(F)c1C(=O)NCC(Nc1ccnc(C(C)(C)C)n1)C1CC1. The average molecular weight is 374 g/mol. The van der Waals surface area contributed by atoms with E-state index >= 15 is 0 Å². The first-order chi connectivity index (χ1) is 12.7. The van der Waals surface area contributed by atoms with E-state index in [1.54, 1.807) is 13.1 Å². The van der Waals surface area contributed by atoms with Crippen molar-refractivity contribution in [2.24, 2.45) is 13.0 Å². The topological polar surface area (TPSA) is 84.7 Å². The van der Waals surface area contributed by atoms with E-state index in [0.717, 1.165) is 29.2 Å². The molecule has 1 aliphatic carbocycles. The number of halogens is 1. The quantitative estimate of drug-likeness (QED) is 0.812. The highest BCUT2D eigenvalue weighted by molar-refractivity contribution is 5.95. The molecule has 0 aromatic carbocycles. The third-order valence-corrected chi connectivity index (χ3v) is 4.71. The number of aromatic nitrogens is 4. The zero-order valence-electron chi connectivity index (χ0n) is 16.5. The van der Waals surface area contributed by atoms with Gasteiger partial charge in [0.05, 0.1) is 5.69 Å². The Hall–Kier alpha value is -2.51. The number of rotatable bonds is 6. The summed E-state index contributed by atoms with van der Waals surface area (Å²) in [4.78, 5) is 21.4. The predicted octanol–water partition coefficient (Wildman–Crippen LogP) is 2.58. The van der Waals surface area contributed by atoms with E-state index in [-0.39, 0.29) is 17.0 Å². The van der Waals surface area contributed by atoms with Crippen molar-refractivity contribution in [1.29, 1.82) is 0 Å². The van der Waals surface area contributed by atoms with Crippen LogP contribution >= 0.6 is 0 Å². The van der Waals surface area contributed by atoms with Gasteiger partial charge in [0.2, 0.25) is 5.95 Å². The summed E-state index contributed by atoms with van der Waals surface area (Å²) in [7, 11) is 1.48. The summed E-state index contributed by atoms with van der Waals surface area (Å²) < 4.78 is 15.2. The number of carbonyl (C=O) groups is 1. The van der Waals surface area contributed by atoms with E-state index < -0.39 is 11.9 Å². The molecular formula is C19H27FN6O. The van der Waals surface area contributed by atoms with Crippen molar-refractivity contribution in [1.82, 2.24) is 25.1 Å². The zero-order valence-corrected chi connectivity index (χ0v) is 16.5. The molecule has 1 amide bonds. The first-order valence-corrected chi connectivity index (χ1v) is 9.24. The second-order valence-corrected chi connectivity index (χ2v) is 8.19. The van der Waals surface area contributed by atoms with Gasteiger partial charge in [0.15, 0.2) is 0 Å². The van der Waals surface area contributed by atoms with Crippen LogP contribution in [-0.2, 0) is 12.5 Å². The van der Waals surface area contributed by atoms with Crippen LogP contribution in [0.2, 0.25) is 0 Å². The molecule has 0 aliphatic heterocycles. The highest BCUT2D eigenvalue weighted by atomic mass is 19.1. The molecular weight excluding hydrogens is 347 g/mol. The van der Waals surface area contributed by atoms with Crippen LogP contribution in [0.3, 0.4) is 0 Å². The maximum atomic E-state index is 14.1. The normalized spacial score (nSPS) is 15.5. The molecule has 1 unspecified atom stereocenters. The van der Waals surface area contributed by atoms with Gasteiger partial charge in [-0.05, 0) is 31.7 Å². The van der Waals surface area contributed by atoms with E-state index in [0.29, 0.717) is 18.2 Å². The van der Waals surface area contributed by atoms with E-state index in [1.165, 1.54) is 7.05 Å². The van der Waals surface area contributed by atoms with Crippen molar-refractivity contribution in [3.05, 3.63) is 35.3 Å². The molecule has 7 nitrogen and oxygen atoms in total. The van der Waals surface area contributed by atoms with Crippen LogP contribution < -0.4 is 10.6 Å². The highest BCUT2D eigenvalue weighted by Gasteiger charge is 2.32. The van der Waals surface area contributed by atoms with Gasteiger partial charge in [0.1, 0.15) is 17.2 Å². The van der Waals surface area contributed by atoms with Crippen molar-refractivity contribution in [3.8, 4) is 0 Å². The minimum Gasteiger partial charge on any atom is -0.365 e. The molecule has 1 aliphatic rings. The Kier molecular flexibility index (Phi) is 5.17. The lowest BCUT2D eigenvalue weighted by molar-refractivity contribution is 0.0946. The second-order valence-electron chi connectivity index (χ2n) is 8.19. The smallest absolute Gasteiger partial charge is 0.257 e. The monoisotopic (exact) mass is 374 g/mol. The molecule has 146 valence electrons. The van der Waals surface area contributed by atoms with Crippen molar-refractivity contribution in [2.75, 3.05) is 11.9 Å². The minimum atomic E-state index is -0.619. The van der Waals surface area contributed by atoms with Crippen LogP contribution in [0.25, 0.3) is 0 Å². The van der Waals surface area contributed by atoms with E-state index in [4.69, 9.17) is 0 Å². The van der Waals surface area contributed by atoms with Gasteiger partial charge in [-0.25, -0.2) is 14.6 Å². The minimum absolute atomic E-state index is 0.00380. The maximum Gasteiger partial charge on any atom is 0.257 e. The summed E-state index contributed by atoms with van der Waals surface area (Å²) in [6.07, 6.45) is 3.95. The number of hydrogen-bond donors (Lipinski definition) is 2. The van der Waals surface area contributed by atoms with Crippen LogP contribution in [0, 0.1) is 18.8 Å². The average Bonchev–Trinajstić information content (AvgIpc) is 3.39. The molecule has 27 heavy (non-hydrogen) atoms. The van der Waals surface area contributed by atoms with Gasteiger partial charge in [0, 0.05) is 31.2 Å². The van der Waals surface area contributed by atoms with Crippen LogP contribution in [0.15, 0.2) is 12.3 Å². The van der Waals surface area contributed by atoms with Crippen LogP contribution in [-0.4, -0.2) is 38.2 Å². The second kappa shape index (κ2) is 7.25. The van der Waals surface area contributed by atoms with Gasteiger partial charge < -0.3 is 10.6 Å². The molecule has 3 rings (SSSR count). The summed E-state index contributed by atoms with van der Waals surface area (Å²) in [5.74, 6) is 0.914. The van der Waals surface area contributed by atoms with Gasteiger partial charge in [-0.15, -0.1) is 0 Å². The molecule has 1 saturated carbocycles. The van der Waals surface area contributed by atoms with Gasteiger partial charge >= 0.3 is 0 Å². The Morgan fingerprint density at radius 3 is 2.67 bits per heavy atom. The van der Waals surface area contributed by atoms with Gasteiger partial charge in [-0.2, -0.15) is 9.49 Å². The first kappa shape index (κ1) is 19.3. The molecule has 1 atom stereocenters. The van der Waals surface area contributed by atoms with Gasteiger partial charge in [-0.1, -0.05) is 20.8 Å². The number of amides is 1. The number of carbonyl (C=O) groups excluding carboxylic acids is 1. The fourth-order valence-electron chi connectivity index (χ4n) is 3.00. The molecule has 0 bridgehead atoms. The summed E-state index contributed by atoms with van der Waals surface area (Å²) in [6.45, 7) is 8.22. The lowest BCUT2D eigenvalue weighted by Crippen LogP contribution is -2.38. The van der Waals surface area contributed by atoms with Crippen molar-refractivity contribution in [2.45, 2.75) is 52.0 Å². The predicted molar refractivity (Wildman–Crippen MR) is 101 cm³/mol. The molecule has 2 heterocycles. The third kappa shape index (κ3) is 4.43. The highest BCUT2D eigenvalue weighted by Crippen LogP contribution is 2.34. The molecule has 1 fully saturated rings. The molecule has 0 saturated heterocycles. The Bertz CT molecular complexity index is 837. The summed E-state index contributed by atoms with van der Waals surface area (Å²) in [5, 5.41) is 10.2. The van der Waals surface area contributed by atoms with Gasteiger partial charge in [-0.3, -0.25) is 4.79 Å². The standard InChI is InChI=1S/C19H27FN6O/c1-11-15(16(20)26(5)25-11)17(27)22-10-13(12-6-7-12)23-14-8-9-21-18(24-14)19(2,3)4/h8-9,12-13H,6-7,10H2,1-5H3,(H,22,27)(H,21,23,24). The fourth-order valence-corrected chi connectivity index (χ4v) is 3.00. The lowest BCUT2D eigenvalue weighted by atomic mass is 9.96. The summed E-state index contributed by atoms with van der Waals surface area (Å²) in [5.41, 5.74) is 0.245. The summed E-state index contributed by atoms with van der Waals surface area (Å²) >= 11 is 0. The Balaban J connectivity index is 1.68. The van der Waals surface area contributed by atoms with Crippen molar-refractivity contribution in [3.63, 3.8) is 0 Å².